The van der Waals surface area contributed by atoms with Crippen LogP contribution in [0, 0.1) is 0 Å². The summed E-state index contributed by atoms with van der Waals surface area (Å²) < 4.78 is 5.19. The molecule has 5 rings (SSSR count). The van der Waals surface area contributed by atoms with Gasteiger partial charge in [-0.15, -0.1) is 0 Å². The molecule has 148 valence electrons. The highest BCUT2D eigenvalue weighted by Gasteiger charge is 2.39. The lowest BCUT2D eigenvalue weighted by Gasteiger charge is -2.27. The largest absolute Gasteiger partial charge is 0.504 e. The number of carbonyl (C=O) groups excluding carboxylic acids is 1. The molecule has 30 heavy (non-hydrogen) atoms. The van der Waals surface area contributed by atoms with E-state index >= 15 is 0 Å². The van der Waals surface area contributed by atoms with Crippen LogP contribution in [-0.4, -0.2) is 23.1 Å². The van der Waals surface area contributed by atoms with Crippen LogP contribution in [0.1, 0.15) is 27.5 Å². The molecule has 0 aromatic heterocycles. The van der Waals surface area contributed by atoms with Crippen LogP contribution >= 0.6 is 0 Å². The average Bonchev–Trinajstić information content (AvgIpc) is 3.06. The van der Waals surface area contributed by atoms with E-state index in [4.69, 9.17) is 4.74 Å². The lowest BCUT2D eigenvalue weighted by molar-refractivity contribution is 0.0792. The van der Waals surface area contributed by atoms with Gasteiger partial charge in [0, 0.05) is 0 Å². The summed E-state index contributed by atoms with van der Waals surface area (Å²) in [6.07, 6.45) is 0. The molecule has 1 aliphatic heterocycles. The summed E-state index contributed by atoms with van der Waals surface area (Å²) in [6.45, 7) is 0. The number of phenolic OH excluding ortho intramolecular Hbond substituents is 1. The summed E-state index contributed by atoms with van der Waals surface area (Å²) in [7, 11) is 1.51. The summed E-state index contributed by atoms with van der Waals surface area (Å²) in [5.41, 5.74) is 6.44. The van der Waals surface area contributed by atoms with Crippen molar-refractivity contribution in [1.29, 1.82) is 0 Å². The van der Waals surface area contributed by atoms with E-state index in [0.717, 1.165) is 27.6 Å². The Kier molecular flexibility index (Phi) is 4.29. The predicted octanol–water partition coefficient (Wildman–Crippen LogP) is 5.13. The summed E-state index contributed by atoms with van der Waals surface area (Å²) >= 11 is 0. The van der Waals surface area contributed by atoms with Crippen molar-refractivity contribution in [2.24, 2.45) is 0 Å². The Morgan fingerprint density at radius 2 is 1.70 bits per heavy atom. The second-order valence-electron chi connectivity index (χ2n) is 7.24. The van der Waals surface area contributed by atoms with E-state index in [-0.39, 0.29) is 11.7 Å². The number of para-hydroxylation sites is 1. The number of nitrogens with zero attached hydrogens (tertiary/aromatic N) is 1. The van der Waals surface area contributed by atoms with Gasteiger partial charge in [-0.3, -0.25) is 10.2 Å². The minimum atomic E-state index is -0.394. The molecule has 5 heteroatoms. The molecule has 0 fully saturated rings. The highest BCUT2D eigenvalue weighted by molar-refractivity contribution is 6.11. The molecule has 1 heterocycles. The number of hydrogen-bond acceptors (Lipinski definition) is 4. The number of nitrogens with one attached hydrogen (secondary N) is 1. The Hall–Kier alpha value is -3.99. The number of amides is 1. The first-order chi connectivity index (χ1) is 14.7. The highest BCUT2D eigenvalue weighted by atomic mass is 16.5. The lowest BCUT2D eigenvalue weighted by Crippen LogP contribution is -2.34. The zero-order valence-corrected chi connectivity index (χ0v) is 16.4. The molecule has 2 N–H and O–H groups in total. The maximum absolute atomic E-state index is 13.6. The number of phenols is 1. The minimum absolute atomic E-state index is 0.0383. The first-order valence-electron chi connectivity index (χ1n) is 9.71. The predicted molar refractivity (Wildman–Crippen MR) is 117 cm³/mol. The van der Waals surface area contributed by atoms with Crippen LogP contribution in [0.3, 0.4) is 0 Å². The van der Waals surface area contributed by atoms with E-state index in [1.165, 1.54) is 7.11 Å². The molecular weight excluding hydrogens is 376 g/mol. The third-order valence-corrected chi connectivity index (χ3v) is 5.49. The van der Waals surface area contributed by atoms with E-state index in [1.807, 2.05) is 72.8 Å². The molecule has 0 saturated carbocycles. The van der Waals surface area contributed by atoms with E-state index in [2.05, 4.69) is 5.43 Å². The molecule has 1 atom stereocenters. The van der Waals surface area contributed by atoms with Crippen LogP contribution in [0.2, 0.25) is 0 Å². The fourth-order valence-corrected chi connectivity index (χ4v) is 4.10. The van der Waals surface area contributed by atoms with Gasteiger partial charge in [-0.2, -0.15) is 0 Å². The number of benzene rings is 4. The maximum Gasteiger partial charge on any atom is 0.274 e. The Balaban J connectivity index is 1.69. The van der Waals surface area contributed by atoms with E-state index in [0.29, 0.717) is 11.3 Å². The van der Waals surface area contributed by atoms with Crippen LogP contribution in [-0.2, 0) is 0 Å². The van der Waals surface area contributed by atoms with Crippen LogP contribution in [0.5, 0.6) is 11.5 Å². The second kappa shape index (κ2) is 7.12. The molecule has 0 aliphatic carbocycles. The third kappa shape index (κ3) is 2.83. The molecule has 4 aromatic rings. The van der Waals surface area contributed by atoms with Crippen molar-refractivity contribution in [3.8, 4) is 11.5 Å². The van der Waals surface area contributed by atoms with E-state index in [9.17, 15) is 9.90 Å². The van der Waals surface area contributed by atoms with Gasteiger partial charge in [-0.05, 0) is 46.2 Å². The number of hydrogen-bond donors (Lipinski definition) is 2. The van der Waals surface area contributed by atoms with Gasteiger partial charge >= 0.3 is 0 Å². The zero-order valence-electron chi connectivity index (χ0n) is 16.4. The highest BCUT2D eigenvalue weighted by Crippen LogP contribution is 2.43. The van der Waals surface area contributed by atoms with Crippen molar-refractivity contribution >= 4 is 22.4 Å². The van der Waals surface area contributed by atoms with E-state index < -0.39 is 6.04 Å². The fourth-order valence-electron chi connectivity index (χ4n) is 4.10. The Morgan fingerprint density at radius 3 is 2.47 bits per heavy atom. The number of methoxy groups -OCH3 is 1. The smallest absolute Gasteiger partial charge is 0.274 e. The van der Waals surface area contributed by atoms with Crippen molar-refractivity contribution in [3.63, 3.8) is 0 Å². The standard InChI is InChI=1S/C25H20N2O3/c1-30-22-14-12-17(15-21(22)28)24-20-13-11-16-7-5-6-10-19(16)23(20)25(29)27(24)26-18-8-3-2-4-9-18/h2-15,24,26,28H,1H3. The zero-order chi connectivity index (χ0) is 20.7. The van der Waals surface area contributed by atoms with Gasteiger partial charge in [0.15, 0.2) is 11.5 Å². The normalized spacial score (nSPS) is 15.3. The molecule has 0 saturated heterocycles. The molecule has 0 radical (unpaired) electrons. The van der Waals surface area contributed by atoms with Gasteiger partial charge in [0.25, 0.3) is 5.91 Å². The first-order valence-corrected chi connectivity index (χ1v) is 9.71. The monoisotopic (exact) mass is 396 g/mol. The number of aromatic hydroxyl groups is 1. The topological polar surface area (TPSA) is 61.8 Å². The lowest BCUT2D eigenvalue weighted by atomic mass is 9.94. The first kappa shape index (κ1) is 18.1. The quantitative estimate of drug-likeness (QED) is 0.502. The van der Waals surface area contributed by atoms with Crippen molar-refractivity contribution < 1.29 is 14.6 Å². The number of fused-ring (bicyclic) bond motifs is 3. The number of ether oxygens (including phenoxy) is 1. The molecule has 1 amide bonds. The molecule has 0 bridgehead atoms. The molecule has 5 nitrogen and oxygen atoms in total. The Labute approximate surface area is 174 Å². The minimum Gasteiger partial charge on any atom is -0.504 e. The van der Waals surface area contributed by atoms with Gasteiger partial charge in [-0.25, -0.2) is 5.01 Å². The number of hydrazine groups is 1. The van der Waals surface area contributed by atoms with Crippen molar-refractivity contribution in [2.45, 2.75) is 6.04 Å². The summed E-state index contributed by atoms with van der Waals surface area (Å²) in [5, 5.41) is 13.9. The number of carbonyl (C=O) groups is 1. The molecular formula is C25H20N2O3. The molecule has 4 aromatic carbocycles. The number of rotatable bonds is 4. The average molecular weight is 396 g/mol. The van der Waals surface area contributed by atoms with Crippen molar-refractivity contribution in [2.75, 3.05) is 12.5 Å². The van der Waals surface area contributed by atoms with Crippen molar-refractivity contribution in [3.05, 3.63) is 102 Å². The number of anilines is 1. The van der Waals surface area contributed by atoms with Crippen LogP contribution in [0.15, 0.2) is 84.9 Å². The maximum atomic E-state index is 13.6. The van der Waals surface area contributed by atoms with E-state index in [1.54, 1.807) is 17.1 Å². The van der Waals surface area contributed by atoms with Crippen LogP contribution < -0.4 is 10.2 Å². The Bertz CT molecular complexity index is 1250. The summed E-state index contributed by atoms with van der Waals surface area (Å²) in [6, 6.07) is 26.4. The Morgan fingerprint density at radius 1 is 0.933 bits per heavy atom. The SMILES string of the molecule is COc1ccc(C2c3ccc4ccccc4c3C(=O)N2Nc2ccccc2)cc1O. The summed E-state index contributed by atoms with van der Waals surface area (Å²) in [4.78, 5) is 13.6. The fraction of sp³-hybridized carbons (Fsp3) is 0.0800. The third-order valence-electron chi connectivity index (χ3n) is 5.49. The summed E-state index contributed by atoms with van der Waals surface area (Å²) in [5.74, 6) is 0.326. The van der Waals surface area contributed by atoms with Gasteiger partial charge in [-0.1, -0.05) is 60.7 Å². The molecule has 1 unspecified atom stereocenters. The molecule has 1 aliphatic rings. The van der Waals surface area contributed by atoms with Crippen molar-refractivity contribution in [1.82, 2.24) is 5.01 Å². The van der Waals surface area contributed by atoms with Gasteiger partial charge in [0.05, 0.1) is 18.4 Å². The second-order valence-corrected chi connectivity index (χ2v) is 7.24. The molecule has 0 spiro atoms. The van der Waals surface area contributed by atoms with Gasteiger partial charge in [0.1, 0.15) is 6.04 Å². The van der Waals surface area contributed by atoms with Crippen LogP contribution in [0.25, 0.3) is 10.8 Å². The van der Waals surface area contributed by atoms with Gasteiger partial charge < -0.3 is 9.84 Å². The van der Waals surface area contributed by atoms with Crippen LogP contribution in [0.4, 0.5) is 5.69 Å². The van der Waals surface area contributed by atoms with Gasteiger partial charge in [0.2, 0.25) is 0 Å².